The fraction of sp³-hybridized carbons (Fsp3) is 0.115. The monoisotopic (exact) mass is 578 g/mol. The molecule has 0 saturated heterocycles. The van der Waals surface area contributed by atoms with Gasteiger partial charge in [0.05, 0.1) is 24.7 Å². The first-order chi connectivity index (χ1) is 19.2. The molecule has 2 N–H and O–H groups in total. The number of methoxy groups -OCH3 is 1. The Morgan fingerprint density at radius 3 is 2.62 bits per heavy atom. The van der Waals surface area contributed by atoms with Crippen LogP contribution in [0.25, 0.3) is 22.7 Å². The normalized spacial score (nSPS) is 12.7. The number of phenolic OH excluding ortho intramolecular Hbond substituents is 1. The molecule has 3 heterocycles. The van der Waals surface area contributed by atoms with Crippen LogP contribution in [0, 0.1) is 0 Å². The predicted octanol–water partition coefficient (Wildman–Crippen LogP) is 3.90. The highest BCUT2D eigenvalue weighted by Crippen LogP contribution is 2.37. The molecule has 0 atom stereocenters. The van der Waals surface area contributed by atoms with E-state index in [9.17, 15) is 18.3 Å². The van der Waals surface area contributed by atoms with Crippen LogP contribution in [0.5, 0.6) is 11.5 Å². The summed E-state index contributed by atoms with van der Waals surface area (Å²) in [5, 5.41) is 10.6. The largest absolute Gasteiger partial charge is 0.506 e. The number of imidazole rings is 1. The van der Waals surface area contributed by atoms with E-state index in [-0.39, 0.29) is 61.8 Å². The van der Waals surface area contributed by atoms with Crippen LogP contribution in [0.15, 0.2) is 69.9 Å². The van der Waals surface area contributed by atoms with E-state index in [1.165, 1.54) is 48.1 Å². The minimum absolute atomic E-state index is 0.0144. The van der Waals surface area contributed by atoms with Crippen molar-refractivity contribution in [1.29, 1.82) is 0 Å². The highest BCUT2D eigenvalue weighted by molar-refractivity contribution is 7.92. The number of benzene rings is 2. The maximum Gasteiger partial charge on any atom is 0.263 e. The Labute approximate surface area is 232 Å². The van der Waals surface area contributed by atoms with Crippen molar-refractivity contribution in [3.8, 4) is 17.2 Å². The second kappa shape index (κ2) is 10.7. The van der Waals surface area contributed by atoms with Crippen molar-refractivity contribution in [2.75, 3.05) is 18.4 Å². The Balaban J connectivity index is 1.73. The molecule has 0 radical (unpaired) electrons. The van der Waals surface area contributed by atoms with Gasteiger partial charge in [0.25, 0.3) is 10.0 Å². The maximum atomic E-state index is 13.1. The number of rotatable bonds is 8. The molecule has 202 valence electrons. The van der Waals surface area contributed by atoms with Gasteiger partial charge < -0.3 is 14.6 Å². The number of aldehydes is 1. The average molecular weight is 579 g/mol. The second-order valence-electron chi connectivity index (χ2n) is 8.05. The van der Waals surface area contributed by atoms with Gasteiger partial charge >= 0.3 is 0 Å². The topological polar surface area (TPSA) is 158 Å². The third-order valence-corrected chi connectivity index (χ3v) is 7.16. The number of aromatic nitrogens is 4. The lowest BCUT2D eigenvalue weighted by molar-refractivity contribution is 0.112. The fourth-order valence-corrected chi connectivity index (χ4v) is 5.02. The number of aliphatic imine (C=N–C) groups is 1. The molecule has 2 aromatic carbocycles. The van der Waals surface area contributed by atoms with E-state index in [0.29, 0.717) is 18.5 Å². The lowest BCUT2D eigenvalue weighted by Crippen LogP contribution is -2.15. The third kappa shape index (κ3) is 4.93. The number of halogens is 1. The number of aromatic hydroxyl groups is 1. The number of nitrogens with zero attached hydrogens (tertiary/aromatic N) is 5. The quantitative estimate of drug-likeness (QED) is 0.234. The summed E-state index contributed by atoms with van der Waals surface area (Å²) in [5.41, 5.74) is 6.33. The first-order valence-corrected chi connectivity index (χ1v) is 13.5. The van der Waals surface area contributed by atoms with Crippen molar-refractivity contribution < 1.29 is 27.8 Å². The average Bonchev–Trinajstić information content (AvgIpc) is 3.30. The van der Waals surface area contributed by atoms with Crippen LogP contribution in [0.1, 0.15) is 23.1 Å². The number of para-hydroxylation sites is 1. The van der Waals surface area contributed by atoms with Gasteiger partial charge in [-0.1, -0.05) is 35.5 Å². The number of anilines is 1. The number of fused-ring (bicyclic) bond motifs is 1. The number of hydrogen-bond acceptors (Lipinski definition) is 10. The molecule has 40 heavy (non-hydrogen) atoms. The van der Waals surface area contributed by atoms with E-state index in [1.807, 2.05) is 0 Å². The van der Waals surface area contributed by atoms with Gasteiger partial charge in [0.1, 0.15) is 23.5 Å². The number of hydrogen-bond donors (Lipinski definition) is 2. The van der Waals surface area contributed by atoms with E-state index in [2.05, 4.69) is 36.1 Å². The summed E-state index contributed by atoms with van der Waals surface area (Å²) in [7, 11) is -2.76. The predicted molar refractivity (Wildman–Crippen MR) is 147 cm³/mol. The molecule has 1 aliphatic heterocycles. The third-order valence-electron chi connectivity index (χ3n) is 5.54. The fourth-order valence-electron chi connectivity index (χ4n) is 3.79. The Morgan fingerprint density at radius 2 is 1.93 bits per heavy atom. The molecule has 0 fully saturated rings. The van der Waals surface area contributed by atoms with Crippen LogP contribution < -0.4 is 9.46 Å². The van der Waals surface area contributed by atoms with Crippen LogP contribution >= 0.6 is 11.6 Å². The van der Waals surface area contributed by atoms with E-state index >= 15 is 0 Å². The molecule has 4 aromatic rings. The van der Waals surface area contributed by atoms with Gasteiger partial charge in [0.2, 0.25) is 5.90 Å². The van der Waals surface area contributed by atoms with Gasteiger partial charge in [-0.2, -0.15) is 0 Å². The number of nitrogens with one attached hydrogen (secondary N) is 1. The van der Waals surface area contributed by atoms with Gasteiger partial charge in [-0.15, -0.1) is 0 Å². The van der Waals surface area contributed by atoms with Crippen molar-refractivity contribution in [3.63, 3.8) is 0 Å². The molecule has 2 aromatic heterocycles. The standard InChI is InChI=1S/C26H19ClN6O6S/c1-3-39-20-9-4-6-17(28-20)25-31-24-26(33(25)21-18(35)7-5-8-19(21)38-2)30-23(22(27)29-24)32-40(36,37)16-12-10-15(14-34)11-13-16/h5,7-14,35H,3H2,1-2H3,(H,30,32). The SMILES string of the molecule is CCOC1=NC(c2nc3nc(Cl)c(NS(=O)(=O)c4ccc(C=O)cc4)nc3n2-c2c(O)cccc2OC)=C=C=C1. The molecule has 0 aliphatic carbocycles. The minimum atomic E-state index is -4.18. The van der Waals surface area contributed by atoms with Gasteiger partial charge in [0.15, 0.2) is 33.8 Å². The van der Waals surface area contributed by atoms with Crippen LogP contribution in [0.3, 0.4) is 0 Å². The number of ether oxygens (including phenoxy) is 2. The molecule has 12 nitrogen and oxygen atoms in total. The summed E-state index contributed by atoms with van der Waals surface area (Å²) in [5.74, 6) is 0.126. The van der Waals surface area contributed by atoms with Crippen molar-refractivity contribution in [1.82, 2.24) is 19.5 Å². The molecular weight excluding hydrogens is 560 g/mol. The zero-order valence-electron chi connectivity index (χ0n) is 20.9. The van der Waals surface area contributed by atoms with Crippen LogP contribution in [0.2, 0.25) is 5.15 Å². The summed E-state index contributed by atoms with van der Waals surface area (Å²) >= 11 is 6.33. The van der Waals surface area contributed by atoms with Gasteiger partial charge in [-0.25, -0.2) is 28.4 Å². The molecule has 0 amide bonds. The van der Waals surface area contributed by atoms with E-state index in [0.717, 1.165) is 0 Å². The molecular formula is C26H19ClN6O6S. The Bertz CT molecular complexity index is 1900. The molecule has 0 saturated carbocycles. The first kappa shape index (κ1) is 26.7. The highest BCUT2D eigenvalue weighted by atomic mass is 35.5. The van der Waals surface area contributed by atoms with Gasteiger partial charge in [-0.05, 0) is 36.9 Å². The van der Waals surface area contributed by atoms with Gasteiger partial charge in [0, 0.05) is 5.56 Å². The smallest absolute Gasteiger partial charge is 0.263 e. The molecule has 0 bridgehead atoms. The van der Waals surface area contributed by atoms with E-state index in [1.54, 1.807) is 19.1 Å². The van der Waals surface area contributed by atoms with E-state index in [4.69, 9.17) is 21.1 Å². The summed E-state index contributed by atoms with van der Waals surface area (Å²) in [6.45, 7) is 2.16. The maximum absolute atomic E-state index is 13.1. The Hall–Kier alpha value is -4.93. The number of carbonyl (C=O) groups is 1. The van der Waals surface area contributed by atoms with E-state index < -0.39 is 10.0 Å². The zero-order valence-corrected chi connectivity index (χ0v) is 22.5. The molecule has 5 rings (SSSR count). The summed E-state index contributed by atoms with van der Waals surface area (Å²) < 4.78 is 40.8. The summed E-state index contributed by atoms with van der Waals surface area (Å²) in [4.78, 5) is 28.4. The van der Waals surface area contributed by atoms with Crippen molar-refractivity contribution in [2.45, 2.75) is 11.8 Å². The zero-order chi connectivity index (χ0) is 28.4. The molecule has 1 aliphatic rings. The second-order valence-corrected chi connectivity index (χ2v) is 10.1. The highest BCUT2D eigenvalue weighted by Gasteiger charge is 2.26. The van der Waals surface area contributed by atoms with Gasteiger partial charge in [-0.3, -0.25) is 14.1 Å². The summed E-state index contributed by atoms with van der Waals surface area (Å²) in [6.07, 6.45) is 2.10. The Morgan fingerprint density at radius 1 is 1.15 bits per heavy atom. The number of carbonyl (C=O) groups excluding carboxylic acids is 1. The first-order valence-electron chi connectivity index (χ1n) is 11.6. The number of phenols is 1. The molecule has 14 heteroatoms. The van der Waals surface area contributed by atoms with Crippen LogP contribution in [-0.2, 0) is 14.8 Å². The Kier molecular flexibility index (Phi) is 7.12. The molecule has 0 unspecified atom stereocenters. The molecule has 0 spiro atoms. The lowest BCUT2D eigenvalue weighted by Gasteiger charge is -2.15. The van der Waals surface area contributed by atoms with Crippen molar-refractivity contribution in [3.05, 3.63) is 76.5 Å². The number of sulfonamides is 1. The van der Waals surface area contributed by atoms with Crippen LogP contribution in [0.4, 0.5) is 5.82 Å². The minimum Gasteiger partial charge on any atom is -0.506 e. The lowest BCUT2D eigenvalue weighted by atomic mass is 10.2. The van der Waals surface area contributed by atoms with Crippen molar-refractivity contribution in [2.24, 2.45) is 4.99 Å². The van der Waals surface area contributed by atoms with Crippen LogP contribution in [-0.4, -0.2) is 58.9 Å². The summed E-state index contributed by atoms with van der Waals surface area (Å²) in [6, 6.07) is 9.89. The van der Waals surface area contributed by atoms with Crippen molar-refractivity contribution >= 4 is 56.6 Å².